The van der Waals surface area contributed by atoms with E-state index in [2.05, 4.69) is 10.1 Å². The molecule has 0 aromatic heterocycles. The molecule has 1 aromatic carbocycles. The highest BCUT2D eigenvalue weighted by atomic mass is 16.5. The van der Waals surface area contributed by atoms with Crippen molar-refractivity contribution in [3.8, 4) is 0 Å². The Balaban J connectivity index is 2.05. The Hall–Kier alpha value is -2.17. The SMILES string of the molecule is COC(=O)[C@H]1CC(=O)[C@H](Cc2ccccc2)NC1=O. The van der Waals surface area contributed by atoms with Crippen molar-refractivity contribution in [1.29, 1.82) is 0 Å². The number of hydrogen-bond acceptors (Lipinski definition) is 4. The topological polar surface area (TPSA) is 72.5 Å². The molecule has 0 bridgehead atoms. The molecule has 0 spiro atoms. The molecule has 0 unspecified atom stereocenters. The van der Waals surface area contributed by atoms with Crippen LogP contribution in [0.4, 0.5) is 0 Å². The van der Waals surface area contributed by atoms with Crippen LogP contribution in [-0.4, -0.2) is 30.8 Å². The third kappa shape index (κ3) is 2.99. The van der Waals surface area contributed by atoms with Gasteiger partial charge in [-0.25, -0.2) is 0 Å². The first-order chi connectivity index (χ1) is 9.11. The Kier molecular flexibility index (Phi) is 3.94. The molecule has 0 aliphatic carbocycles. The molecule has 2 rings (SSSR count). The number of amides is 1. The number of hydrogen-bond donors (Lipinski definition) is 1. The zero-order valence-corrected chi connectivity index (χ0v) is 10.6. The van der Waals surface area contributed by atoms with Gasteiger partial charge in [-0.05, 0) is 12.0 Å². The highest BCUT2D eigenvalue weighted by Gasteiger charge is 2.38. The number of carbonyl (C=O) groups is 3. The molecule has 1 saturated heterocycles. The summed E-state index contributed by atoms with van der Waals surface area (Å²) in [4.78, 5) is 35.1. The first-order valence-corrected chi connectivity index (χ1v) is 6.06. The first-order valence-electron chi connectivity index (χ1n) is 6.06. The number of nitrogens with one attached hydrogen (secondary N) is 1. The Morgan fingerprint density at radius 1 is 1.32 bits per heavy atom. The maximum atomic E-state index is 12.0. The number of methoxy groups -OCH3 is 1. The van der Waals surface area contributed by atoms with E-state index in [4.69, 9.17) is 0 Å². The first kappa shape index (κ1) is 13.3. The molecule has 0 saturated carbocycles. The maximum absolute atomic E-state index is 12.0. The van der Waals surface area contributed by atoms with Crippen LogP contribution in [0, 0.1) is 5.92 Å². The van der Waals surface area contributed by atoms with Gasteiger partial charge in [0.15, 0.2) is 5.78 Å². The van der Waals surface area contributed by atoms with Crippen molar-refractivity contribution in [1.82, 2.24) is 5.32 Å². The Morgan fingerprint density at radius 3 is 2.63 bits per heavy atom. The van der Waals surface area contributed by atoms with E-state index >= 15 is 0 Å². The summed E-state index contributed by atoms with van der Waals surface area (Å²) < 4.78 is 4.51. The van der Waals surface area contributed by atoms with Gasteiger partial charge in [-0.1, -0.05) is 30.3 Å². The lowest BCUT2D eigenvalue weighted by Gasteiger charge is -2.26. The molecule has 1 aromatic rings. The van der Waals surface area contributed by atoms with Gasteiger partial charge < -0.3 is 10.1 Å². The number of ketones is 1. The van der Waals surface area contributed by atoms with Crippen molar-refractivity contribution in [3.05, 3.63) is 35.9 Å². The second-order valence-electron chi connectivity index (χ2n) is 4.50. The van der Waals surface area contributed by atoms with Crippen LogP contribution < -0.4 is 5.32 Å². The summed E-state index contributed by atoms with van der Waals surface area (Å²) in [6.45, 7) is 0. The Labute approximate surface area is 110 Å². The number of Topliss-reactive ketones (excluding diaryl/α,β-unsaturated/α-hetero) is 1. The summed E-state index contributed by atoms with van der Waals surface area (Å²) in [5.41, 5.74) is 0.970. The molecular weight excluding hydrogens is 246 g/mol. The number of ether oxygens (including phenoxy) is 1. The maximum Gasteiger partial charge on any atom is 0.318 e. The molecule has 0 radical (unpaired) electrons. The van der Waals surface area contributed by atoms with E-state index in [0.29, 0.717) is 6.42 Å². The van der Waals surface area contributed by atoms with Gasteiger partial charge in [0.05, 0.1) is 13.2 Å². The summed E-state index contributed by atoms with van der Waals surface area (Å²) in [6, 6.07) is 8.87. The molecule has 100 valence electrons. The fourth-order valence-electron chi connectivity index (χ4n) is 2.14. The van der Waals surface area contributed by atoms with Crippen LogP contribution in [0.2, 0.25) is 0 Å². The summed E-state index contributed by atoms with van der Waals surface area (Å²) in [6.07, 6.45) is 0.356. The van der Waals surface area contributed by atoms with E-state index in [0.717, 1.165) is 5.56 Å². The van der Waals surface area contributed by atoms with Crippen LogP contribution >= 0.6 is 0 Å². The van der Waals surface area contributed by atoms with Crippen LogP contribution in [0.5, 0.6) is 0 Å². The normalized spacial score (nSPS) is 22.8. The van der Waals surface area contributed by atoms with E-state index in [9.17, 15) is 14.4 Å². The van der Waals surface area contributed by atoms with Crippen molar-refractivity contribution in [3.63, 3.8) is 0 Å². The van der Waals surface area contributed by atoms with Crippen LogP contribution in [0.3, 0.4) is 0 Å². The predicted molar refractivity (Wildman–Crippen MR) is 67.2 cm³/mol. The molecule has 1 heterocycles. The largest absolute Gasteiger partial charge is 0.468 e. The van der Waals surface area contributed by atoms with Gasteiger partial charge in [0, 0.05) is 6.42 Å². The molecule has 2 atom stereocenters. The zero-order valence-electron chi connectivity index (χ0n) is 10.6. The van der Waals surface area contributed by atoms with Crippen molar-refractivity contribution in [2.75, 3.05) is 7.11 Å². The van der Waals surface area contributed by atoms with Gasteiger partial charge in [-0.3, -0.25) is 14.4 Å². The van der Waals surface area contributed by atoms with Gasteiger partial charge in [0.2, 0.25) is 5.91 Å². The minimum Gasteiger partial charge on any atom is -0.468 e. The highest BCUT2D eigenvalue weighted by Crippen LogP contribution is 2.17. The van der Waals surface area contributed by atoms with Gasteiger partial charge in [-0.2, -0.15) is 0 Å². The summed E-state index contributed by atoms with van der Waals surface area (Å²) in [5.74, 6) is -2.25. The number of piperidine rings is 1. The summed E-state index contributed by atoms with van der Waals surface area (Å²) >= 11 is 0. The minimum absolute atomic E-state index is 0.0873. The Morgan fingerprint density at radius 2 is 2.00 bits per heavy atom. The van der Waals surface area contributed by atoms with Crippen LogP contribution in [0.15, 0.2) is 30.3 Å². The van der Waals surface area contributed by atoms with E-state index in [-0.39, 0.29) is 12.2 Å². The number of esters is 1. The average molecular weight is 261 g/mol. The van der Waals surface area contributed by atoms with Gasteiger partial charge >= 0.3 is 5.97 Å². The second kappa shape index (κ2) is 5.65. The molecule has 5 heteroatoms. The molecule has 5 nitrogen and oxygen atoms in total. The number of carbonyl (C=O) groups excluding carboxylic acids is 3. The van der Waals surface area contributed by atoms with E-state index in [1.54, 1.807) is 0 Å². The molecule has 1 fully saturated rings. The standard InChI is InChI=1S/C14H15NO4/c1-19-14(18)10-8-12(16)11(15-13(10)17)7-9-5-3-2-4-6-9/h2-6,10-11H,7-8H2,1H3,(H,15,17)/t10-,11-/m0/s1. The predicted octanol–water partition coefficient (Wildman–Crippen LogP) is 0.476. The van der Waals surface area contributed by atoms with E-state index < -0.39 is 23.8 Å². The fourth-order valence-corrected chi connectivity index (χ4v) is 2.14. The highest BCUT2D eigenvalue weighted by molar-refractivity contribution is 6.06. The van der Waals surface area contributed by atoms with Crippen LogP contribution in [0.25, 0.3) is 0 Å². The lowest BCUT2D eigenvalue weighted by atomic mass is 9.89. The number of rotatable bonds is 3. The van der Waals surface area contributed by atoms with Crippen molar-refractivity contribution >= 4 is 17.7 Å². The smallest absolute Gasteiger partial charge is 0.318 e. The lowest BCUT2D eigenvalue weighted by molar-refractivity contribution is -0.154. The van der Waals surface area contributed by atoms with Crippen LogP contribution in [-0.2, 0) is 25.5 Å². The molecule has 1 aliphatic heterocycles. The summed E-state index contributed by atoms with van der Waals surface area (Å²) in [5, 5.41) is 2.59. The van der Waals surface area contributed by atoms with Crippen molar-refractivity contribution in [2.24, 2.45) is 5.92 Å². The average Bonchev–Trinajstić information content (AvgIpc) is 2.43. The van der Waals surface area contributed by atoms with Crippen molar-refractivity contribution in [2.45, 2.75) is 18.9 Å². The quantitative estimate of drug-likeness (QED) is 0.634. The van der Waals surface area contributed by atoms with Gasteiger partial charge in [0.1, 0.15) is 5.92 Å². The van der Waals surface area contributed by atoms with Gasteiger partial charge in [0.25, 0.3) is 0 Å². The van der Waals surface area contributed by atoms with E-state index in [1.165, 1.54) is 7.11 Å². The minimum atomic E-state index is -1.01. The number of benzene rings is 1. The molecule has 19 heavy (non-hydrogen) atoms. The molecule has 1 amide bonds. The third-order valence-electron chi connectivity index (χ3n) is 3.20. The van der Waals surface area contributed by atoms with Gasteiger partial charge in [-0.15, -0.1) is 0 Å². The Bertz CT molecular complexity index is 497. The molecule has 1 N–H and O–H groups in total. The van der Waals surface area contributed by atoms with E-state index in [1.807, 2.05) is 30.3 Å². The summed E-state index contributed by atoms with van der Waals surface area (Å²) in [7, 11) is 1.20. The fraction of sp³-hybridized carbons (Fsp3) is 0.357. The third-order valence-corrected chi connectivity index (χ3v) is 3.20. The molecule has 1 aliphatic rings. The second-order valence-corrected chi connectivity index (χ2v) is 4.50. The van der Waals surface area contributed by atoms with Crippen LogP contribution in [0.1, 0.15) is 12.0 Å². The monoisotopic (exact) mass is 261 g/mol. The zero-order chi connectivity index (χ0) is 13.8. The van der Waals surface area contributed by atoms with Crippen molar-refractivity contribution < 1.29 is 19.1 Å². The molecular formula is C14H15NO4. The lowest BCUT2D eigenvalue weighted by Crippen LogP contribution is -2.53.